The molecule has 0 aliphatic carbocycles. The zero-order valence-electron chi connectivity index (χ0n) is 19.0. The molecule has 0 aromatic heterocycles. The summed E-state index contributed by atoms with van der Waals surface area (Å²) in [5.41, 5.74) is 5.21. The molecule has 0 atom stereocenters. The van der Waals surface area contributed by atoms with Gasteiger partial charge in [0.25, 0.3) is 0 Å². The fourth-order valence-electron chi connectivity index (χ4n) is 3.24. The third kappa shape index (κ3) is 11.2. The molecule has 0 aliphatic heterocycles. The Bertz CT molecular complexity index is 673. The van der Waals surface area contributed by atoms with Crippen LogP contribution in [0.2, 0.25) is 0 Å². The lowest BCUT2D eigenvalue weighted by atomic mass is 10.1. The van der Waals surface area contributed by atoms with Crippen LogP contribution < -0.4 is 15.0 Å². The molecule has 2 N–H and O–H groups in total. The van der Waals surface area contributed by atoms with Crippen molar-refractivity contribution in [2.75, 3.05) is 33.0 Å². The highest BCUT2D eigenvalue weighted by Gasteiger charge is 2.01. The van der Waals surface area contributed by atoms with Crippen LogP contribution in [0, 0.1) is 0 Å². The molecule has 172 valence electrons. The van der Waals surface area contributed by atoms with E-state index in [9.17, 15) is 0 Å². The molecule has 5 nitrogen and oxygen atoms in total. The van der Waals surface area contributed by atoms with Gasteiger partial charge in [-0.05, 0) is 73.9 Å². The minimum Gasteiger partial charge on any atom is -0.494 e. The normalized spacial score (nSPS) is 10.9. The van der Waals surface area contributed by atoms with E-state index < -0.39 is 0 Å². The number of unbranched alkanes of at least 4 members (excludes halogenated alkanes) is 6. The zero-order chi connectivity index (χ0) is 22.0. The van der Waals surface area contributed by atoms with Gasteiger partial charge in [0, 0.05) is 13.2 Å². The van der Waals surface area contributed by atoms with E-state index >= 15 is 0 Å². The molecule has 0 radical (unpaired) electrons. The van der Waals surface area contributed by atoms with E-state index in [-0.39, 0.29) is 6.61 Å². The molecular weight excluding hydrogens is 390 g/mol. The first kappa shape index (κ1) is 25.2. The van der Waals surface area contributed by atoms with Crippen LogP contribution in [0.5, 0.6) is 11.5 Å². The maximum absolute atomic E-state index is 8.79. The number of nitrogens with one attached hydrogen (secondary N) is 1. The molecule has 0 heterocycles. The number of aliphatic hydroxyl groups excluding tert-OH is 1. The Kier molecular flexibility index (Phi) is 13.5. The average Bonchev–Trinajstić information content (AvgIpc) is 2.81. The third-order valence-corrected chi connectivity index (χ3v) is 5.02. The molecule has 0 aliphatic rings. The second-order valence-corrected chi connectivity index (χ2v) is 7.64. The molecule has 0 amide bonds. The van der Waals surface area contributed by atoms with Crippen LogP contribution >= 0.6 is 0 Å². The highest BCUT2D eigenvalue weighted by molar-refractivity contribution is 5.64. The molecule has 5 heteroatoms. The van der Waals surface area contributed by atoms with Crippen molar-refractivity contribution in [3.8, 4) is 22.6 Å². The monoisotopic (exact) mass is 429 g/mol. The number of hydrogen-bond acceptors (Lipinski definition) is 5. The van der Waals surface area contributed by atoms with E-state index in [1.54, 1.807) is 0 Å². The summed E-state index contributed by atoms with van der Waals surface area (Å²) in [5.74, 6) is 1.82. The van der Waals surface area contributed by atoms with Gasteiger partial charge in [0.1, 0.15) is 11.5 Å². The Labute approximate surface area is 187 Å². The predicted molar refractivity (Wildman–Crippen MR) is 127 cm³/mol. The van der Waals surface area contributed by atoms with Crippen LogP contribution in [-0.2, 0) is 4.84 Å². The van der Waals surface area contributed by atoms with Crippen molar-refractivity contribution in [1.29, 1.82) is 0 Å². The smallest absolute Gasteiger partial charge is 0.119 e. The number of hydrogen-bond donors (Lipinski definition) is 2. The van der Waals surface area contributed by atoms with E-state index in [1.807, 2.05) is 31.2 Å². The van der Waals surface area contributed by atoms with Crippen molar-refractivity contribution in [3.05, 3.63) is 48.5 Å². The van der Waals surface area contributed by atoms with Crippen LogP contribution in [0.3, 0.4) is 0 Å². The molecule has 0 saturated heterocycles. The van der Waals surface area contributed by atoms with Gasteiger partial charge in [-0.25, -0.2) is 5.48 Å². The molecule has 2 aromatic carbocycles. The van der Waals surface area contributed by atoms with Crippen molar-refractivity contribution >= 4 is 0 Å². The van der Waals surface area contributed by atoms with Crippen LogP contribution in [0.15, 0.2) is 48.5 Å². The van der Waals surface area contributed by atoms with Gasteiger partial charge >= 0.3 is 0 Å². The molecule has 2 rings (SSSR count). The van der Waals surface area contributed by atoms with Crippen LogP contribution in [0.25, 0.3) is 11.1 Å². The van der Waals surface area contributed by atoms with Crippen LogP contribution in [-0.4, -0.2) is 38.1 Å². The number of benzene rings is 2. The second-order valence-electron chi connectivity index (χ2n) is 7.64. The van der Waals surface area contributed by atoms with Crippen LogP contribution in [0.4, 0.5) is 0 Å². The molecular formula is C26H39NO4. The van der Waals surface area contributed by atoms with Gasteiger partial charge in [0.2, 0.25) is 0 Å². The zero-order valence-corrected chi connectivity index (χ0v) is 19.0. The first-order valence-corrected chi connectivity index (χ1v) is 11.7. The molecule has 0 saturated carbocycles. The average molecular weight is 430 g/mol. The van der Waals surface area contributed by atoms with Crippen molar-refractivity contribution < 1.29 is 19.4 Å². The first-order chi connectivity index (χ1) is 15.3. The lowest BCUT2D eigenvalue weighted by Crippen LogP contribution is -2.14. The molecule has 2 aromatic rings. The van der Waals surface area contributed by atoms with Gasteiger partial charge in [-0.3, -0.25) is 0 Å². The number of aliphatic hydroxyl groups is 1. The summed E-state index contributed by atoms with van der Waals surface area (Å²) in [6.45, 7) is 5.40. The lowest BCUT2D eigenvalue weighted by molar-refractivity contribution is 0.0418. The van der Waals surface area contributed by atoms with Gasteiger partial charge in [-0.2, -0.15) is 0 Å². The van der Waals surface area contributed by atoms with Crippen molar-refractivity contribution in [1.82, 2.24) is 5.48 Å². The van der Waals surface area contributed by atoms with E-state index in [0.29, 0.717) is 0 Å². The molecule has 0 fully saturated rings. The van der Waals surface area contributed by atoms with Crippen molar-refractivity contribution in [3.63, 3.8) is 0 Å². The molecule has 0 spiro atoms. The highest BCUT2D eigenvalue weighted by atomic mass is 16.6. The number of ether oxygens (including phenoxy) is 2. The van der Waals surface area contributed by atoms with Crippen molar-refractivity contribution in [2.24, 2.45) is 0 Å². The Morgan fingerprint density at radius 2 is 1.06 bits per heavy atom. The van der Waals surface area contributed by atoms with Gasteiger partial charge in [-0.1, -0.05) is 44.0 Å². The van der Waals surface area contributed by atoms with E-state index in [1.165, 1.54) is 11.1 Å². The lowest BCUT2D eigenvalue weighted by Gasteiger charge is -2.09. The maximum Gasteiger partial charge on any atom is 0.119 e. The Hall–Kier alpha value is -2.08. The fourth-order valence-corrected chi connectivity index (χ4v) is 3.24. The fraction of sp³-hybridized carbons (Fsp3) is 0.538. The van der Waals surface area contributed by atoms with E-state index in [4.69, 9.17) is 19.4 Å². The minimum atomic E-state index is 0.281. The van der Waals surface area contributed by atoms with E-state index in [2.05, 4.69) is 29.7 Å². The van der Waals surface area contributed by atoms with Gasteiger partial charge in [0.05, 0.1) is 19.8 Å². The first-order valence-electron chi connectivity index (χ1n) is 11.7. The summed E-state index contributed by atoms with van der Waals surface area (Å²) < 4.78 is 11.7. The molecule has 0 bridgehead atoms. The van der Waals surface area contributed by atoms with Gasteiger partial charge in [-0.15, -0.1) is 0 Å². The van der Waals surface area contributed by atoms with E-state index in [0.717, 1.165) is 89.2 Å². The minimum absolute atomic E-state index is 0.281. The quantitative estimate of drug-likeness (QED) is 0.233. The Balaban J connectivity index is 1.62. The van der Waals surface area contributed by atoms with Crippen LogP contribution in [0.1, 0.15) is 58.3 Å². The van der Waals surface area contributed by atoms with Gasteiger partial charge in [0.15, 0.2) is 0 Å². The summed E-state index contributed by atoms with van der Waals surface area (Å²) in [6, 6.07) is 16.5. The summed E-state index contributed by atoms with van der Waals surface area (Å²) >= 11 is 0. The second kappa shape index (κ2) is 16.6. The topological polar surface area (TPSA) is 60.0 Å². The number of hydroxylamine groups is 1. The summed E-state index contributed by atoms with van der Waals surface area (Å²) in [5, 5.41) is 8.79. The summed E-state index contributed by atoms with van der Waals surface area (Å²) in [7, 11) is 0. The molecule has 31 heavy (non-hydrogen) atoms. The number of rotatable bonds is 18. The standard InChI is InChI=1S/C26H39NO4/c1-2-27-31-22-10-6-5-9-21-30-26-17-13-24(14-18-26)23-11-15-25(16-12-23)29-20-8-4-3-7-19-28/h11-18,27-28H,2-10,19-22H2,1H3. The Morgan fingerprint density at radius 1 is 0.613 bits per heavy atom. The van der Waals surface area contributed by atoms with Crippen molar-refractivity contribution in [2.45, 2.75) is 58.3 Å². The third-order valence-electron chi connectivity index (χ3n) is 5.02. The molecule has 0 unspecified atom stereocenters. The maximum atomic E-state index is 8.79. The van der Waals surface area contributed by atoms with Gasteiger partial charge < -0.3 is 19.4 Å². The SMILES string of the molecule is CCNOCCCCCCOc1ccc(-c2ccc(OCCCCCCO)cc2)cc1. The highest BCUT2D eigenvalue weighted by Crippen LogP contribution is 2.25. The Morgan fingerprint density at radius 3 is 1.52 bits per heavy atom. The summed E-state index contributed by atoms with van der Waals surface area (Å²) in [4.78, 5) is 5.25. The summed E-state index contributed by atoms with van der Waals surface area (Å²) in [6.07, 6.45) is 8.52. The largest absolute Gasteiger partial charge is 0.494 e. The predicted octanol–water partition coefficient (Wildman–Crippen LogP) is 5.77.